The van der Waals surface area contributed by atoms with E-state index in [2.05, 4.69) is 0 Å². The second-order valence-electron chi connectivity index (χ2n) is 8.72. The van der Waals surface area contributed by atoms with Crippen LogP contribution in [0.25, 0.3) is 0 Å². The van der Waals surface area contributed by atoms with Crippen LogP contribution in [0.15, 0.2) is 0 Å². The summed E-state index contributed by atoms with van der Waals surface area (Å²) in [5.41, 5.74) is 0.841. The van der Waals surface area contributed by atoms with Gasteiger partial charge < -0.3 is 0 Å². The fourth-order valence-corrected chi connectivity index (χ4v) is 7.21. The zero-order valence-electron chi connectivity index (χ0n) is 13.4. The van der Waals surface area contributed by atoms with Crippen molar-refractivity contribution in [3.8, 4) is 0 Å². The van der Waals surface area contributed by atoms with Crippen molar-refractivity contribution >= 4 is 0 Å². The van der Waals surface area contributed by atoms with E-state index in [0.717, 1.165) is 29.1 Å². The van der Waals surface area contributed by atoms with Gasteiger partial charge in [-0.1, -0.05) is 51.4 Å². The molecule has 2 bridgehead atoms. The van der Waals surface area contributed by atoms with Gasteiger partial charge in [-0.3, -0.25) is 0 Å². The lowest BCUT2D eigenvalue weighted by Crippen LogP contribution is -2.43. The van der Waals surface area contributed by atoms with Crippen molar-refractivity contribution in [3.63, 3.8) is 0 Å². The van der Waals surface area contributed by atoms with Gasteiger partial charge in [0.2, 0.25) is 0 Å². The second kappa shape index (κ2) is 5.65. The minimum absolute atomic E-state index is 0.841. The Bertz CT molecular complexity index is 319. The van der Waals surface area contributed by atoms with Crippen LogP contribution in [0.3, 0.4) is 0 Å². The topological polar surface area (TPSA) is 0 Å². The molecule has 4 aliphatic rings. The van der Waals surface area contributed by atoms with E-state index in [1.807, 2.05) is 0 Å². The standard InChI is InChI=1S/C20H34/c1-2-5-9-17(8-4-1)20(18-10-6-3-7-11-18)15-16-12-13-19(20)14-16/h16-19H,1-15H2. The number of hydrogen-bond acceptors (Lipinski definition) is 0. The maximum Gasteiger partial charge on any atom is -0.0210 e. The van der Waals surface area contributed by atoms with Crippen molar-refractivity contribution in [1.82, 2.24) is 0 Å². The molecule has 0 heterocycles. The van der Waals surface area contributed by atoms with Gasteiger partial charge in [0.05, 0.1) is 0 Å². The third kappa shape index (κ3) is 2.17. The maximum atomic E-state index is 1.66. The smallest absolute Gasteiger partial charge is 0.0210 e. The molecule has 4 fully saturated rings. The third-order valence-corrected chi connectivity index (χ3v) is 7.92. The molecule has 0 saturated heterocycles. The predicted molar refractivity (Wildman–Crippen MR) is 85.6 cm³/mol. The van der Waals surface area contributed by atoms with Crippen LogP contribution < -0.4 is 0 Å². The SMILES string of the molecule is C1CCCC(C2(C3CCCCC3)CC3CCC2C3)CC1. The van der Waals surface area contributed by atoms with E-state index in [1.165, 1.54) is 19.3 Å². The Morgan fingerprint density at radius 2 is 1.05 bits per heavy atom. The predicted octanol–water partition coefficient (Wildman–Crippen LogP) is 6.34. The number of hydrogen-bond donors (Lipinski definition) is 0. The molecule has 0 aliphatic heterocycles. The van der Waals surface area contributed by atoms with Crippen LogP contribution in [-0.2, 0) is 0 Å². The molecule has 0 N–H and O–H groups in total. The molecule has 0 aromatic rings. The molecule has 20 heavy (non-hydrogen) atoms. The number of rotatable bonds is 2. The van der Waals surface area contributed by atoms with Gasteiger partial charge in [-0.15, -0.1) is 0 Å². The first-order chi connectivity index (χ1) is 9.89. The van der Waals surface area contributed by atoms with Crippen molar-refractivity contribution in [2.24, 2.45) is 29.1 Å². The van der Waals surface area contributed by atoms with Crippen molar-refractivity contribution in [2.75, 3.05) is 0 Å². The Kier molecular flexibility index (Phi) is 3.86. The highest BCUT2D eigenvalue weighted by molar-refractivity contribution is 5.07. The zero-order chi connectivity index (χ0) is 13.4. The van der Waals surface area contributed by atoms with E-state index < -0.39 is 0 Å². The van der Waals surface area contributed by atoms with Crippen LogP contribution in [0.4, 0.5) is 0 Å². The molecule has 3 unspecified atom stereocenters. The first-order valence-electron chi connectivity index (χ1n) is 9.89. The fraction of sp³-hybridized carbons (Fsp3) is 1.00. The molecular formula is C20H34. The Labute approximate surface area is 126 Å². The zero-order valence-corrected chi connectivity index (χ0v) is 13.4. The van der Waals surface area contributed by atoms with Crippen molar-refractivity contribution < 1.29 is 0 Å². The van der Waals surface area contributed by atoms with Gasteiger partial charge in [-0.25, -0.2) is 0 Å². The van der Waals surface area contributed by atoms with E-state index in [1.54, 1.807) is 77.0 Å². The molecule has 0 heteroatoms. The maximum absolute atomic E-state index is 1.66. The molecule has 0 spiro atoms. The van der Waals surface area contributed by atoms with E-state index >= 15 is 0 Å². The van der Waals surface area contributed by atoms with Crippen LogP contribution in [0.1, 0.15) is 96.3 Å². The molecule has 0 radical (unpaired) electrons. The average molecular weight is 274 g/mol. The first-order valence-corrected chi connectivity index (χ1v) is 9.89. The molecule has 114 valence electrons. The molecule has 0 nitrogen and oxygen atoms in total. The summed E-state index contributed by atoms with van der Waals surface area (Å²) in [4.78, 5) is 0. The highest BCUT2D eigenvalue weighted by Gasteiger charge is 2.57. The van der Waals surface area contributed by atoms with Crippen molar-refractivity contribution in [1.29, 1.82) is 0 Å². The first kappa shape index (κ1) is 13.6. The van der Waals surface area contributed by atoms with Crippen molar-refractivity contribution in [2.45, 2.75) is 96.3 Å². The van der Waals surface area contributed by atoms with Crippen LogP contribution in [0.5, 0.6) is 0 Å². The summed E-state index contributed by atoms with van der Waals surface area (Å²) in [7, 11) is 0. The minimum Gasteiger partial charge on any atom is -0.0533 e. The highest BCUT2D eigenvalue weighted by Crippen LogP contribution is 2.66. The van der Waals surface area contributed by atoms with Gasteiger partial charge >= 0.3 is 0 Å². The second-order valence-corrected chi connectivity index (χ2v) is 8.72. The lowest BCUT2D eigenvalue weighted by Gasteiger charge is -2.51. The monoisotopic (exact) mass is 274 g/mol. The Hall–Kier alpha value is 0. The molecule has 0 aromatic carbocycles. The molecule has 0 amide bonds. The van der Waals surface area contributed by atoms with Gasteiger partial charge in [0.15, 0.2) is 0 Å². The highest BCUT2D eigenvalue weighted by atomic mass is 14.6. The lowest BCUT2D eigenvalue weighted by molar-refractivity contribution is -0.0205. The van der Waals surface area contributed by atoms with Gasteiger partial charge in [-0.2, -0.15) is 0 Å². The van der Waals surface area contributed by atoms with E-state index in [-0.39, 0.29) is 0 Å². The van der Waals surface area contributed by atoms with Gasteiger partial charge in [0.25, 0.3) is 0 Å². The van der Waals surface area contributed by atoms with E-state index in [0.29, 0.717) is 0 Å². The largest absolute Gasteiger partial charge is 0.0533 e. The molecule has 4 rings (SSSR count). The Balaban J connectivity index is 1.62. The normalized spacial score (nSPS) is 43.8. The van der Waals surface area contributed by atoms with E-state index in [9.17, 15) is 0 Å². The summed E-state index contributed by atoms with van der Waals surface area (Å²) in [5, 5.41) is 0. The molecule has 3 atom stereocenters. The number of fused-ring (bicyclic) bond motifs is 2. The average Bonchev–Trinajstić information content (AvgIpc) is 3.00. The summed E-state index contributed by atoms with van der Waals surface area (Å²) >= 11 is 0. The van der Waals surface area contributed by atoms with Crippen LogP contribution in [-0.4, -0.2) is 0 Å². The van der Waals surface area contributed by atoms with Gasteiger partial charge in [0, 0.05) is 0 Å². The molecule has 4 aliphatic carbocycles. The Morgan fingerprint density at radius 1 is 0.500 bits per heavy atom. The Morgan fingerprint density at radius 3 is 1.50 bits per heavy atom. The van der Waals surface area contributed by atoms with Crippen LogP contribution >= 0.6 is 0 Å². The molecule has 4 saturated carbocycles. The quantitative estimate of drug-likeness (QED) is 0.515. The fourth-order valence-electron chi connectivity index (χ4n) is 7.21. The summed E-state index contributed by atoms with van der Waals surface area (Å²) in [6.45, 7) is 0. The van der Waals surface area contributed by atoms with Crippen LogP contribution in [0.2, 0.25) is 0 Å². The lowest BCUT2D eigenvalue weighted by atomic mass is 9.54. The van der Waals surface area contributed by atoms with Crippen molar-refractivity contribution in [3.05, 3.63) is 0 Å². The van der Waals surface area contributed by atoms with Gasteiger partial charge in [-0.05, 0) is 74.0 Å². The van der Waals surface area contributed by atoms with E-state index in [4.69, 9.17) is 0 Å². The molecular weight excluding hydrogens is 240 g/mol. The van der Waals surface area contributed by atoms with Gasteiger partial charge in [0.1, 0.15) is 0 Å². The summed E-state index contributed by atoms with van der Waals surface area (Å²) < 4.78 is 0. The third-order valence-electron chi connectivity index (χ3n) is 7.92. The summed E-state index contributed by atoms with van der Waals surface area (Å²) in [6.07, 6.45) is 23.7. The van der Waals surface area contributed by atoms with Crippen LogP contribution in [0, 0.1) is 29.1 Å². The minimum atomic E-state index is 0.841. The summed E-state index contributed by atoms with van der Waals surface area (Å²) in [6, 6.07) is 0. The summed E-state index contributed by atoms with van der Waals surface area (Å²) in [5.74, 6) is 4.56. The molecule has 0 aromatic heterocycles.